The minimum atomic E-state index is -0.915. The van der Waals surface area contributed by atoms with Crippen molar-refractivity contribution in [3.05, 3.63) is 29.3 Å². The third kappa shape index (κ3) is 3.27. The highest BCUT2D eigenvalue weighted by Crippen LogP contribution is 2.31. The molecule has 2 aliphatic rings. The van der Waals surface area contributed by atoms with Crippen molar-refractivity contribution in [1.29, 1.82) is 0 Å². The zero-order valence-electron chi connectivity index (χ0n) is 13.3. The SMILES string of the molecule is Cc1ccc(OC[C@@H]2CCCN3CCCC[C@H]23)c(C(=O)O)c1. The van der Waals surface area contributed by atoms with Crippen LogP contribution in [-0.2, 0) is 0 Å². The number of aromatic carboxylic acids is 1. The first-order valence-electron chi connectivity index (χ1n) is 8.36. The van der Waals surface area contributed by atoms with Gasteiger partial charge < -0.3 is 9.84 Å². The van der Waals surface area contributed by atoms with Gasteiger partial charge in [-0.25, -0.2) is 4.79 Å². The topological polar surface area (TPSA) is 49.8 Å². The summed E-state index contributed by atoms with van der Waals surface area (Å²) in [6.07, 6.45) is 6.29. The Morgan fingerprint density at radius 1 is 1.27 bits per heavy atom. The molecule has 22 heavy (non-hydrogen) atoms. The molecule has 0 bridgehead atoms. The van der Waals surface area contributed by atoms with Gasteiger partial charge in [-0.3, -0.25) is 4.90 Å². The summed E-state index contributed by atoms with van der Waals surface area (Å²) in [4.78, 5) is 14.0. The summed E-state index contributed by atoms with van der Waals surface area (Å²) in [6.45, 7) is 4.96. The van der Waals surface area contributed by atoms with Crippen LogP contribution in [0.1, 0.15) is 48.0 Å². The van der Waals surface area contributed by atoms with Crippen LogP contribution >= 0.6 is 0 Å². The van der Waals surface area contributed by atoms with Crippen molar-refractivity contribution in [1.82, 2.24) is 4.90 Å². The average molecular weight is 303 g/mol. The summed E-state index contributed by atoms with van der Waals surface area (Å²) in [5.41, 5.74) is 1.22. The van der Waals surface area contributed by atoms with Gasteiger partial charge in [0.25, 0.3) is 0 Å². The Balaban J connectivity index is 1.68. The summed E-state index contributed by atoms with van der Waals surface area (Å²) < 4.78 is 5.93. The number of hydrogen-bond donors (Lipinski definition) is 1. The zero-order valence-corrected chi connectivity index (χ0v) is 13.3. The molecular weight excluding hydrogens is 278 g/mol. The van der Waals surface area contributed by atoms with E-state index in [-0.39, 0.29) is 5.56 Å². The van der Waals surface area contributed by atoms with Gasteiger partial charge in [-0.05, 0) is 57.8 Å². The summed E-state index contributed by atoms with van der Waals surface area (Å²) in [7, 11) is 0. The van der Waals surface area contributed by atoms with Crippen molar-refractivity contribution < 1.29 is 14.6 Å². The van der Waals surface area contributed by atoms with E-state index in [2.05, 4.69) is 4.90 Å². The largest absolute Gasteiger partial charge is 0.492 e. The number of rotatable bonds is 4. The molecular formula is C18H25NO3. The highest BCUT2D eigenvalue weighted by Gasteiger charge is 2.33. The summed E-state index contributed by atoms with van der Waals surface area (Å²) in [6, 6.07) is 6.02. The molecule has 2 atom stereocenters. The van der Waals surface area contributed by atoms with Gasteiger partial charge >= 0.3 is 5.97 Å². The molecule has 1 aromatic carbocycles. The molecule has 4 heteroatoms. The Hall–Kier alpha value is -1.55. The Kier molecular flexibility index (Phi) is 4.67. The number of carboxylic acids is 1. The highest BCUT2D eigenvalue weighted by atomic mass is 16.5. The van der Waals surface area contributed by atoms with Crippen LogP contribution in [0.25, 0.3) is 0 Å². The predicted octanol–water partition coefficient (Wildman–Crippen LogP) is 3.34. The minimum Gasteiger partial charge on any atom is -0.492 e. The number of carbonyl (C=O) groups is 1. The Morgan fingerprint density at radius 3 is 2.91 bits per heavy atom. The fraction of sp³-hybridized carbons (Fsp3) is 0.611. The number of benzene rings is 1. The van der Waals surface area contributed by atoms with E-state index in [1.165, 1.54) is 45.2 Å². The Labute approximate surface area is 132 Å². The molecule has 0 aliphatic carbocycles. The number of ether oxygens (including phenoxy) is 1. The van der Waals surface area contributed by atoms with E-state index in [1.807, 2.05) is 13.0 Å². The molecule has 2 fully saturated rings. The first-order valence-corrected chi connectivity index (χ1v) is 8.36. The normalized spacial score (nSPS) is 25.5. The summed E-state index contributed by atoms with van der Waals surface area (Å²) >= 11 is 0. The van der Waals surface area contributed by atoms with Gasteiger partial charge in [-0.1, -0.05) is 18.1 Å². The zero-order chi connectivity index (χ0) is 15.5. The lowest BCUT2D eigenvalue weighted by Gasteiger charge is -2.44. The van der Waals surface area contributed by atoms with Gasteiger partial charge in [0.05, 0.1) is 6.61 Å². The fourth-order valence-electron chi connectivity index (χ4n) is 3.91. The molecule has 1 aromatic rings. The Morgan fingerprint density at radius 2 is 2.09 bits per heavy atom. The number of aryl methyl sites for hydroxylation is 1. The van der Waals surface area contributed by atoms with Crippen molar-refractivity contribution in [3.8, 4) is 5.75 Å². The van der Waals surface area contributed by atoms with Crippen LogP contribution in [-0.4, -0.2) is 41.7 Å². The standard InChI is InChI=1S/C18H25NO3/c1-13-7-8-17(15(11-13)18(20)21)22-12-14-5-4-10-19-9-3-2-6-16(14)19/h7-8,11,14,16H,2-6,9-10,12H2,1H3,(H,20,21)/t14-,16+/m0/s1. The minimum absolute atomic E-state index is 0.274. The van der Waals surface area contributed by atoms with Crippen LogP contribution in [0.3, 0.4) is 0 Å². The second-order valence-corrected chi connectivity index (χ2v) is 6.62. The van der Waals surface area contributed by atoms with E-state index < -0.39 is 5.97 Å². The molecule has 3 rings (SSSR count). The van der Waals surface area contributed by atoms with E-state index in [4.69, 9.17) is 4.74 Å². The quantitative estimate of drug-likeness (QED) is 0.927. The number of piperidine rings is 2. The van der Waals surface area contributed by atoms with Crippen molar-refractivity contribution in [2.24, 2.45) is 5.92 Å². The second kappa shape index (κ2) is 6.69. The van der Waals surface area contributed by atoms with Gasteiger partial charge in [0.2, 0.25) is 0 Å². The van der Waals surface area contributed by atoms with E-state index in [0.29, 0.717) is 24.3 Å². The van der Waals surface area contributed by atoms with Crippen LogP contribution < -0.4 is 4.74 Å². The monoisotopic (exact) mass is 303 g/mol. The lowest BCUT2D eigenvalue weighted by atomic mass is 9.84. The van der Waals surface area contributed by atoms with Crippen LogP contribution in [0.5, 0.6) is 5.75 Å². The van der Waals surface area contributed by atoms with Gasteiger partial charge in [0.15, 0.2) is 0 Å². The molecule has 0 spiro atoms. The maximum Gasteiger partial charge on any atom is 0.339 e. The molecule has 0 saturated carbocycles. The molecule has 0 aromatic heterocycles. The molecule has 120 valence electrons. The fourth-order valence-corrected chi connectivity index (χ4v) is 3.91. The summed E-state index contributed by atoms with van der Waals surface area (Å²) in [5.74, 6) is 0.115. The van der Waals surface area contributed by atoms with Crippen molar-refractivity contribution in [3.63, 3.8) is 0 Å². The first kappa shape index (κ1) is 15.3. The van der Waals surface area contributed by atoms with E-state index >= 15 is 0 Å². The first-order chi connectivity index (χ1) is 10.6. The number of fused-ring (bicyclic) bond motifs is 1. The number of carboxylic acid groups (broad SMARTS) is 1. The van der Waals surface area contributed by atoms with Crippen molar-refractivity contribution in [2.75, 3.05) is 19.7 Å². The number of hydrogen-bond acceptors (Lipinski definition) is 3. The smallest absolute Gasteiger partial charge is 0.339 e. The highest BCUT2D eigenvalue weighted by molar-refractivity contribution is 5.91. The maximum absolute atomic E-state index is 11.4. The predicted molar refractivity (Wildman–Crippen MR) is 85.6 cm³/mol. The third-order valence-corrected chi connectivity index (χ3v) is 5.05. The lowest BCUT2D eigenvalue weighted by molar-refractivity contribution is 0.0361. The average Bonchev–Trinajstić information content (AvgIpc) is 2.53. The van der Waals surface area contributed by atoms with Crippen LogP contribution in [0.4, 0.5) is 0 Å². The molecule has 4 nitrogen and oxygen atoms in total. The molecule has 2 aliphatic heterocycles. The number of nitrogens with zero attached hydrogens (tertiary/aromatic N) is 1. The van der Waals surface area contributed by atoms with Gasteiger partial charge in [0, 0.05) is 12.0 Å². The van der Waals surface area contributed by atoms with Gasteiger partial charge in [0.1, 0.15) is 11.3 Å². The van der Waals surface area contributed by atoms with E-state index in [9.17, 15) is 9.90 Å². The van der Waals surface area contributed by atoms with E-state index in [0.717, 1.165) is 5.56 Å². The van der Waals surface area contributed by atoms with Crippen molar-refractivity contribution in [2.45, 2.75) is 45.1 Å². The van der Waals surface area contributed by atoms with Gasteiger partial charge in [-0.2, -0.15) is 0 Å². The maximum atomic E-state index is 11.4. The molecule has 2 saturated heterocycles. The van der Waals surface area contributed by atoms with Crippen molar-refractivity contribution >= 4 is 5.97 Å². The lowest BCUT2D eigenvalue weighted by Crippen LogP contribution is -2.49. The van der Waals surface area contributed by atoms with Crippen LogP contribution in [0, 0.1) is 12.8 Å². The molecule has 2 heterocycles. The molecule has 0 unspecified atom stereocenters. The third-order valence-electron chi connectivity index (χ3n) is 5.05. The van der Waals surface area contributed by atoms with Crippen LogP contribution in [0.2, 0.25) is 0 Å². The van der Waals surface area contributed by atoms with Crippen LogP contribution in [0.15, 0.2) is 18.2 Å². The second-order valence-electron chi connectivity index (χ2n) is 6.62. The molecule has 0 radical (unpaired) electrons. The summed E-state index contributed by atoms with van der Waals surface area (Å²) in [5, 5.41) is 9.33. The van der Waals surface area contributed by atoms with E-state index in [1.54, 1.807) is 12.1 Å². The van der Waals surface area contributed by atoms with Gasteiger partial charge in [-0.15, -0.1) is 0 Å². The Bertz CT molecular complexity index is 541. The molecule has 0 amide bonds. The molecule has 1 N–H and O–H groups in total.